The van der Waals surface area contributed by atoms with Crippen LogP contribution >= 0.6 is 0 Å². The van der Waals surface area contributed by atoms with Crippen molar-refractivity contribution in [3.05, 3.63) is 48.6 Å². The highest BCUT2D eigenvalue weighted by Gasteiger charge is 2.23. The molecule has 1 amide bonds. The molecule has 0 radical (unpaired) electrons. The molecule has 6 nitrogen and oxygen atoms in total. The van der Waals surface area contributed by atoms with Gasteiger partial charge in [0.1, 0.15) is 6.10 Å². The third kappa shape index (κ3) is 44.4. The number of hydrogen-bond acceptors (Lipinski definition) is 5. The molecule has 0 fully saturated rings. The lowest BCUT2D eigenvalue weighted by Gasteiger charge is -2.24. The van der Waals surface area contributed by atoms with Crippen molar-refractivity contribution in [3.8, 4) is 0 Å². The van der Waals surface area contributed by atoms with Crippen molar-refractivity contribution in [3.63, 3.8) is 0 Å². The Morgan fingerprint density at radius 2 is 0.855 bits per heavy atom. The van der Waals surface area contributed by atoms with Gasteiger partial charge in [0.05, 0.1) is 25.2 Å². The molecule has 3 atom stereocenters. The van der Waals surface area contributed by atoms with E-state index in [4.69, 9.17) is 4.74 Å². The van der Waals surface area contributed by atoms with Gasteiger partial charge >= 0.3 is 5.97 Å². The number of ether oxygens (including phenoxy) is 1. The summed E-state index contributed by atoms with van der Waals surface area (Å²) in [5, 5.41) is 23.7. The van der Waals surface area contributed by atoms with Crippen molar-refractivity contribution in [2.45, 2.75) is 289 Å². The van der Waals surface area contributed by atoms with Crippen molar-refractivity contribution >= 4 is 11.9 Å². The van der Waals surface area contributed by atoms with Crippen LogP contribution < -0.4 is 5.32 Å². The van der Waals surface area contributed by atoms with Crippen LogP contribution in [0.4, 0.5) is 0 Å². The van der Waals surface area contributed by atoms with Gasteiger partial charge in [-0.15, -0.1) is 0 Å². The molecule has 362 valence electrons. The molecule has 6 heteroatoms. The van der Waals surface area contributed by atoms with E-state index in [1.165, 1.54) is 167 Å². The molecule has 3 unspecified atom stereocenters. The van der Waals surface area contributed by atoms with Crippen LogP contribution in [0.25, 0.3) is 0 Å². The first-order chi connectivity index (χ1) is 30.5. The zero-order valence-corrected chi connectivity index (χ0v) is 41.3. The van der Waals surface area contributed by atoms with E-state index in [0.717, 1.165) is 57.8 Å². The van der Waals surface area contributed by atoms with Gasteiger partial charge in [-0.2, -0.15) is 0 Å². The van der Waals surface area contributed by atoms with Crippen LogP contribution in [0.2, 0.25) is 0 Å². The summed E-state index contributed by atoms with van der Waals surface area (Å²) in [6.07, 6.45) is 60.4. The fraction of sp³-hybridized carbons (Fsp3) is 0.821. The van der Waals surface area contributed by atoms with Crippen molar-refractivity contribution in [1.29, 1.82) is 0 Å². The number of hydrogen-bond donors (Lipinski definition) is 3. The summed E-state index contributed by atoms with van der Waals surface area (Å²) in [5.74, 6) is -0.566. The lowest BCUT2D eigenvalue weighted by atomic mass is 10.0. The van der Waals surface area contributed by atoms with E-state index in [9.17, 15) is 19.8 Å². The molecule has 0 aliphatic rings. The van der Waals surface area contributed by atoms with Crippen LogP contribution in [0.5, 0.6) is 0 Å². The van der Waals surface area contributed by atoms with Gasteiger partial charge in [-0.3, -0.25) is 9.59 Å². The molecule has 0 saturated heterocycles. The van der Waals surface area contributed by atoms with E-state index in [1.54, 1.807) is 0 Å². The number of aliphatic hydroxyl groups excluding tert-OH is 2. The molecule has 0 rings (SSSR count). The molecule has 0 aliphatic carbocycles. The van der Waals surface area contributed by atoms with Crippen LogP contribution in [0.1, 0.15) is 271 Å². The van der Waals surface area contributed by atoms with Crippen LogP contribution in [0, 0.1) is 0 Å². The van der Waals surface area contributed by atoms with Crippen molar-refractivity contribution in [1.82, 2.24) is 5.32 Å². The van der Waals surface area contributed by atoms with Crippen LogP contribution in [0.3, 0.4) is 0 Å². The maximum Gasteiger partial charge on any atom is 0.306 e. The maximum absolute atomic E-state index is 13.2. The number of esters is 1. The molecule has 0 aromatic rings. The zero-order chi connectivity index (χ0) is 45.2. The third-order valence-corrected chi connectivity index (χ3v) is 12.2. The number of unbranched alkanes of at least 4 members (excludes halogenated alkanes) is 29. The number of allylic oxidation sites excluding steroid dienone is 7. The van der Waals surface area contributed by atoms with Gasteiger partial charge in [-0.1, -0.05) is 256 Å². The van der Waals surface area contributed by atoms with E-state index in [-0.39, 0.29) is 24.9 Å². The predicted octanol–water partition coefficient (Wildman–Crippen LogP) is 16.2. The van der Waals surface area contributed by atoms with Gasteiger partial charge in [0.2, 0.25) is 5.91 Å². The number of carbonyl (C=O) groups is 2. The number of aliphatic hydroxyl groups is 2. The average molecular weight is 870 g/mol. The number of amides is 1. The van der Waals surface area contributed by atoms with Gasteiger partial charge in [0.15, 0.2) is 0 Å². The third-order valence-electron chi connectivity index (χ3n) is 12.2. The van der Waals surface area contributed by atoms with Crippen molar-refractivity contribution in [2.24, 2.45) is 0 Å². The molecule has 62 heavy (non-hydrogen) atoms. The summed E-state index contributed by atoms with van der Waals surface area (Å²) < 4.78 is 5.88. The smallest absolute Gasteiger partial charge is 0.306 e. The Labute approximate surface area is 385 Å². The van der Waals surface area contributed by atoms with Crippen LogP contribution in [0.15, 0.2) is 48.6 Å². The molecule has 3 N–H and O–H groups in total. The Morgan fingerprint density at radius 1 is 0.484 bits per heavy atom. The largest absolute Gasteiger partial charge is 0.461 e. The summed E-state index contributed by atoms with van der Waals surface area (Å²) in [6, 6.07) is -0.729. The minimum atomic E-state index is -0.809. The first kappa shape index (κ1) is 59.8. The van der Waals surface area contributed by atoms with Crippen molar-refractivity contribution < 1.29 is 24.5 Å². The number of carbonyl (C=O) groups excluding carboxylic acids is 2. The predicted molar refractivity (Wildman–Crippen MR) is 269 cm³/mol. The SMILES string of the molecule is CCCCC/C=C\C/C=C\C/C=C\C/C=C\CC(CC(=O)NC(CO)C(O)CCCCCCCCCCCCCC)OC(=O)CCCCCCCCCCCCCCCCCC. The quantitative estimate of drug-likeness (QED) is 0.0322. The first-order valence-corrected chi connectivity index (χ1v) is 26.9. The second-order valence-electron chi connectivity index (χ2n) is 18.3. The highest BCUT2D eigenvalue weighted by Crippen LogP contribution is 2.17. The Bertz CT molecular complexity index is 1070. The van der Waals surface area contributed by atoms with Crippen LogP contribution in [-0.4, -0.2) is 46.9 Å². The molecule has 0 bridgehead atoms. The molecular weight excluding hydrogens is 767 g/mol. The summed E-state index contributed by atoms with van der Waals surface area (Å²) in [7, 11) is 0. The van der Waals surface area contributed by atoms with Crippen molar-refractivity contribution in [2.75, 3.05) is 6.61 Å². The Morgan fingerprint density at radius 3 is 1.29 bits per heavy atom. The topological polar surface area (TPSA) is 95.9 Å². The van der Waals surface area contributed by atoms with E-state index in [2.05, 4.69) is 68.6 Å². The monoisotopic (exact) mass is 870 g/mol. The molecule has 0 aliphatic heterocycles. The highest BCUT2D eigenvalue weighted by atomic mass is 16.5. The highest BCUT2D eigenvalue weighted by molar-refractivity contribution is 5.77. The summed E-state index contributed by atoms with van der Waals surface area (Å²) in [4.78, 5) is 26.1. The molecule has 0 aromatic heterocycles. The minimum absolute atomic E-state index is 0.00451. The zero-order valence-electron chi connectivity index (χ0n) is 41.3. The average Bonchev–Trinajstić information content (AvgIpc) is 3.26. The summed E-state index contributed by atoms with van der Waals surface area (Å²) >= 11 is 0. The fourth-order valence-electron chi connectivity index (χ4n) is 8.06. The molecule has 0 spiro atoms. The van der Waals surface area contributed by atoms with Crippen LogP contribution in [-0.2, 0) is 14.3 Å². The number of nitrogens with one attached hydrogen (secondary N) is 1. The Balaban J connectivity index is 4.67. The van der Waals surface area contributed by atoms with Gasteiger partial charge in [0.25, 0.3) is 0 Å². The second-order valence-corrected chi connectivity index (χ2v) is 18.3. The molecule has 0 heterocycles. The molecule has 0 aromatic carbocycles. The standard InChI is InChI=1S/C56H103NO5/c1-4-7-10-13-16-19-22-25-27-29-31-34-37-40-43-46-49-56(61)62-52(47-44-41-38-35-32-30-28-26-23-20-17-14-11-8-5-2)50-55(60)57-53(51-58)54(59)48-45-42-39-36-33-24-21-18-15-12-9-6-3/h17,20,26,28,32,35,41,44,52-54,58-59H,4-16,18-19,21-25,27,29-31,33-34,36-40,42-43,45-51H2,1-3H3,(H,57,60)/b20-17-,28-26-,35-32-,44-41-. The van der Waals surface area contributed by atoms with Gasteiger partial charge in [-0.05, 0) is 44.9 Å². The normalized spacial score (nSPS) is 13.6. The Kier molecular flexibility index (Phi) is 48.1. The minimum Gasteiger partial charge on any atom is -0.461 e. The Hall–Kier alpha value is -2.18. The number of rotatable bonds is 48. The summed E-state index contributed by atoms with van der Waals surface area (Å²) in [6.45, 7) is 6.44. The molecular formula is C56H103NO5. The maximum atomic E-state index is 13.2. The molecule has 0 saturated carbocycles. The van der Waals surface area contributed by atoms with Gasteiger partial charge in [-0.25, -0.2) is 0 Å². The fourth-order valence-corrected chi connectivity index (χ4v) is 8.06. The second kappa shape index (κ2) is 49.8. The van der Waals surface area contributed by atoms with Gasteiger partial charge < -0.3 is 20.3 Å². The lowest BCUT2D eigenvalue weighted by molar-refractivity contribution is -0.150. The lowest BCUT2D eigenvalue weighted by Crippen LogP contribution is -2.46. The summed E-state index contributed by atoms with van der Waals surface area (Å²) in [5.41, 5.74) is 0. The van der Waals surface area contributed by atoms with E-state index < -0.39 is 18.2 Å². The van der Waals surface area contributed by atoms with E-state index in [1.807, 2.05) is 6.08 Å². The van der Waals surface area contributed by atoms with E-state index in [0.29, 0.717) is 19.3 Å². The van der Waals surface area contributed by atoms with Gasteiger partial charge in [0, 0.05) is 12.8 Å². The first-order valence-electron chi connectivity index (χ1n) is 26.9. The van der Waals surface area contributed by atoms with E-state index >= 15 is 0 Å².